The third-order valence-electron chi connectivity index (χ3n) is 5.76. The molecule has 1 heterocycles. The molecule has 3 rings (SSSR count). The van der Waals surface area contributed by atoms with E-state index in [1.807, 2.05) is 13.8 Å². The first-order valence-electron chi connectivity index (χ1n) is 11.1. The SMILES string of the molecule is CC(C)CNC(=O)C(NC(=O)c1ccccc1Cl)C1CCN(C(=O)c2ccc(F)cc2)CC1. The van der Waals surface area contributed by atoms with Crippen LogP contribution in [0.2, 0.25) is 5.02 Å². The van der Waals surface area contributed by atoms with E-state index in [2.05, 4.69) is 10.6 Å². The first kappa shape index (κ1) is 24.7. The highest BCUT2D eigenvalue weighted by Crippen LogP contribution is 2.24. The number of piperidine rings is 1. The van der Waals surface area contributed by atoms with Crippen molar-refractivity contribution in [3.63, 3.8) is 0 Å². The van der Waals surface area contributed by atoms with E-state index >= 15 is 0 Å². The number of nitrogens with one attached hydrogen (secondary N) is 2. The van der Waals surface area contributed by atoms with Gasteiger partial charge in [-0.3, -0.25) is 14.4 Å². The highest BCUT2D eigenvalue weighted by atomic mass is 35.5. The molecule has 0 bridgehead atoms. The van der Waals surface area contributed by atoms with Crippen molar-refractivity contribution in [2.24, 2.45) is 11.8 Å². The molecule has 1 atom stereocenters. The number of carbonyl (C=O) groups excluding carboxylic acids is 3. The number of amides is 3. The van der Waals surface area contributed by atoms with Crippen molar-refractivity contribution in [1.82, 2.24) is 15.5 Å². The molecule has 33 heavy (non-hydrogen) atoms. The van der Waals surface area contributed by atoms with E-state index in [-0.39, 0.29) is 23.7 Å². The van der Waals surface area contributed by atoms with Crippen LogP contribution in [0, 0.1) is 17.7 Å². The fourth-order valence-corrected chi connectivity index (χ4v) is 4.11. The van der Waals surface area contributed by atoms with E-state index in [1.54, 1.807) is 29.2 Å². The molecule has 0 aliphatic carbocycles. The van der Waals surface area contributed by atoms with Gasteiger partial charge < -0.3 is 15.5 Å². The molecule has 0 radical (unpaired) electrons. The zero-order chi connectivity index (χ0) is 24.0. The molecule has 1 aliphatic heterocycles. The fraction of sp³-hybridized carbons (Fsp3) is 0.400. The number of nitrogens with zero attached hydrogens (tertiary/aromatic N) is 1. The van der Waals surface area contributed by atoms with Crippen molar-refractivity contribution in [1.29, 1.82) is 0 Å². The summed E-state index contributed by atoms with van der Waals surface area (Å²) in [4.78, 5) is 40.3. The Balaban J connectivity index is 1.69. The zero-order valence-corrected chi connectivity index (χ0v) is 19.6. The highest BCUT2D eigenvalue weighted by Gasteiger charge is 2.34. The van der Waals surface area contributed by atoms with Crippen LogP contribution in [-0.4, -0.2) is 48.3 Å². The quantitative estimate of drug-likeness (QED) is 0.640. The summed E-state index contributed by atoms with van der Waals surface area (Å²) >= 11 is 6.16. The summed E-state index contributed by atoms with van der Waals surface area (Å²) in [6.07, 6.45) is 1.10. The van der Waals surface area contributed by atoms with Gasteiger partial charge in [0.15, 0.2) is 0 Å². The van der Waals surface area contributed by atoms with Crippen LogP contribution >= 0.6 is 11.6 Å². The smallest absolute Gasteiger partial charge is 0.253 e. The van der Waals surface area contributed by atoms with Crippen molar-refractivity contribution in [2.75, 3.05) is 19.6 Å². The van der Waals surface area contributed by atoms with Crippen molar-refractivity contribution >= 4 is 29.3 Å². The van der Waals surface area contributed by atoms with Gasteiger partial charge in [0.25, 0.3) is 11.8 Å². The number of halogens is 2. The Labute approximate surface area is 198 Å². The number of carbonyl (C=O) groups is 3. The Morgan fingerprint density at radius 1 is 1.06 bits per heavy atom. The monoisotopic (exact) mass is 473 g/mol. The first-order valence-corrected chi connectivity index (χ1v) is 11.5. The van der Waals surface area contributed by atoms with Gasteiger partial charge >= 0.3 is 0 Å². The summed E-state index contributed by atoms with van der Waals surface area (Å²) in [6, 6.07) is 11.4. The number of rotatable bonds is 7. The molecule has 1 aliphatic rings. The molecular formula is C25H29ClFN3O3. The molecule has 2 aromatic rings. The van der Waals surface area contributed by atoms with Crippen LogP contribution < -0.4 is 10.6 Å². The molecule has 176 valence electrons. The molecule has 0 aromatic heterocycles. The summed E-state index contributed by atoms with van der Waals surface area (Å²) in [5.74, 6) is -1.09. The Morgan fingerprint density at radius 2 is 1.70 bits per heavy atom. The van der Waals surface area contributed by atoms with E-state index in [0.29, 0.717) is 48.6 Å². The summed E-state index contributed by atoms with van der Waals surface area (Å²) in [6.45, 7) is 5.38. The number of likely N-dealkylation sites (tertiary alicyclic amines) is 1. The standard InChI is InChI=1S/C25H29ClFN3O3/c1-16(2)15-28-24(32)22(29-23(31)20-5-3-4-6-21(20)26)17-11-13-30(14-12-17)25(33)18-7-9-19(27)10-8-18/h3-10,16-17,22H,11-15H2,1-2H3,(H,28,32)(H,29,31). The van der Waals surface area contributed by atoms with Gasteiger partial charge in [-0.15, -0.1) is 0 Å². The molecule has 8 heteroatoms. The summed E-state index contributed by atoms with van der Waals surface area (Å²) in [5.41, 5.74) is 0.734. The molecule has 1 fully saturated rings. The van der Waals surface area contributed by atoms with Crippen LogP contribution in [0.1, 0.15) is 47.4 Å². The maximum Gasteiger partial charge on any atom is 0.253 e. The van der Waals surface area contributed by atoms with Gasteiger partial charge in [-0.2, -0.15) is 0 Å². The topological polar surface area (TPSA) is 78.5 Å². The molecule has 3 amide bonds. The lowest BCUT2D eigenvalue weighted by molar-refractivity contribution is -0.124. The largest absolute Gasteiger partial charge is 0.354 e. The first-order chi connectivity index (χ1) is 15.8. The molecule has 2 N–H and O–H groups in total. The van der Waals surface area contributed by atoms with Gasteiger partial charge in [-0.1, -0.05) is 37.6 Å². The van der Waals surface area contributed by atoms with Gasteiger partial charge in [-0.05, 0) is 61.1 Å². The van der Waals surface area contributed by atoms with Crippen LogP contribution in [0.15, 0.2) is 48.5 Å². The number of hydrogen-bond donors (Lipinski definition) is 2. The summed E-state index contributed by atoms with van der Waals surface area (Å²) in [5, 5.41) is 6.10. The van der Waals surface area contributed by atoms with Gasteiger partial charge in [0.2, 0.25) is 5.91 Å². The average Bonchev–Trinajstić information content (AvgIpc) is 2.81. The Hall–Kier alpha value is -2.93. The number of hydrogen-bond acceptors (Lipinski definition) is 3. The van der Waals surface area contributed by atoms with Crippen LogP contribution in [-0.2, 0) is 4.79 Å². The number of benzene rings is 2. The van der Waals surface area contributed by atoms with E-state index in [0.717, 1.165) is 0 Å². The lowest BCUT2D eigenvalue weighted by Gasteiger charge is -2.36. The summed E-state index contributed by atoms with van der Waals surface area (Å²) < 4.78 is 13.2. The zero-order valence-electron chi connectivity index (χ0n) is 18.8. The minimum atomic E-state index is -0.740. The lowest BCUT2D eigenvalue weighted by Crippen LogP contribution is -2.54. The van der Waals surface area contributed by atoms with Crippen molar-refractivity contribution in [3.8, 4) is 0 Å². The third-order valence-corrected chi connectivity index (χ3v) is 6.09. The van der Waals surface area contributed by atoms with E-state index in [4.69, 9.17) is 11.6 Å². The van der Waals surface area contributed by atoms with Crippen LogP contribution in [0.25, 0.3) is 0 Å². The second-order valence-electron chi connectivity index (χ2n) is 8.71. The lowest BCUT2D eigenvalue weighted by atomic mass is 9.88. The van der Waals surface area contributed by atoms with E-state index in [1.165, 1.54) is 24.3 Å². The normalized spacial score (nSPS) is 15.2. The second kappa shape index (κ2) is 11.3. The van der Waals surface area contributed by atoms with E-state index in [9.17, 15) is 18.8 Å². The minimum Gasteiger partial charge on any atom is -0.354 e. The van der Waals surface area contributed by atoms with Crippen LogP contribution in [0.4, 0.5) is 4.39 Å². The fourth-order valence-electron chi connectivity index (χ4n) is 3.89. The van der Waals surface area contributed by atoms with Crippen LogP contribution in [0.5, 0.6) is 0 Å². The average molecular weight is 474 g/mol. The molecule has 0 spiro atoms. The Bertz CT molecular complexity index is 989. The van der Waals surface area contributed by atoms with Crippen molar-refractivity contribution in [3.05, 3.63) is 70.5 Å². The van der Waals surface area contributed by atoms with E-state index < -0.39 is 17.8 Å². The molecule has 1 unspecified atom stereocenters. The van der Waals surface area contributed by atoms with Crippen LogP contribution in [0.3, 0.4) is 0 Å². The predicted molar refractivity (Wildman–Crippen MR) is 126 cm³/mol. The maximum absolute atomic E-state index is 13.2. The maximum atomic E-state index is 13.2. The van der Waals surface area contributed by atoms with Gasteiger partial charge in [0, 0.05) is 25.2 Å². The third kappa shape index (κ3) is 6.54. The summed E-state index contributed by atoms with van der Waals surface area (Å²) in [7, 11) is 0. The minimum absolute atomic E-state index is 0.138. The molecule has 0 saturated carbocycles. The van der Waals surface area contributed by atoms with Gasteiger partial charge in [0.05, 0.1) is 10.6 Å². The highest BCUT2D eigenvalue weighted by molar-refractivity contribution is 6.33. The Kier molecular flexibility index (Phi) is 8.44. The molecule has 2 aromatic carbocycles. The Morgan fingerprint density at radius 3 is 2.30 bits per heavy atom. The van der Waals surface area contributed by atoms with Crippen molar-refractivity contribution < 1.29 is 18.8 Å². The van der Waals surface area contributed by atoms with Gasteiger partial charge in [0.1, 0.15) is 11.9 Å². The second-order valence-corrected chi connectivity index (χ2v) is 9.11. The molecular weight excluding hydrogens is 445 g/mol. The molecule has 1 saturated heterocycles. The van der Waals surface area contributed by atoms with Gasteiger partial charge in [-0.25, -0.2) is 4.39 Å². The van der Waals surface area contributed by atoms with Crippen molar-refractivity contribution in [2.45, 2.75) is 32.7 Å². The predicted octanol–water partition coefficient (Wildman–Crippen LogP) is 3.90. The molecule has 6 nitrogen and oxygen atoms in total.